The van der Waals surface area contributed by atoms with E-state index in [1.165, 1.54) is 5.56 Å². The topological polar surface area (TPSA) is 50.4 Å². The van der Waals surface area contributed by atoms with Crippen LogP contribution in [0.5, 0.6) is 5.75 Å². The summed E-state index contributed by atoms with van der Waals surface area (Å²) in [5, 5.41) is 6.12. The lowest BCUT2D eigenvalue weighted by Gasteiger charge is -2.18. The minimum Gasteiger partial charge on any atom is -0.492 e. The van der Waals surface area contributed by atoms with Crippen molar-refractivity contribution < 1.29 is 9.53 Å². The predicted molar refractivity (Wildman–Crippen MR) is 95.1 cm³/mol. The van der Waals surface area contributed by atoms with Crippen molar-refractivity contribution in [2.45, 2.75) is 33.2 Å². The Bertz CT molecular complexity index is 638. The molecule has 4 heteroatoms. The average Bonchev–Trinajstić information content (AvgIpc) is 2.57. The number of hydrogen-bond acceptors (Lipinski definition) is 3. The van der Waals surface area contributed by atoms with Gasteiger partial charge in [0.25, 0.3) is 0 Å². The third-order valence-corrected chi connectivity index (χ3v) is 3.58. The maximum absolute atomic E-state index is 12.3. The molecule has 0 spiro atoms. The minimum absolute atomic E-state index is 0.0828. The summed E-state index contributed by atoms with van der Waals surface area (Å²) in [7, 11) is 0. The monoisotopic (exact) mass is 312 g/mol. The van der Waals surface area contributed by atoms with Crippen molar-refractivity contribution in [3.05, 3.63) is 54.1 Å². The molecule has 0 unspecified atom stereocenters. The van der Waals surface area contributed by atoms with Crippen molar-refractivity contribution in [1.29, 1.82) is 0 Å². The smallest absolute Gasteiger partial charge is 0.246 e. The zero-order valence-electron chi connectivity index (χ0n) is 13.9. The molecule has 0 saturated heterocycles. The van der Waals surface area contributed by atoms with Crippen molar-refractivity contribution >= 4 is 17.3 Å². The number of benzene rings is 2. The van der Waals surface area contributed by atoms with E-state index in [2.05, 4.69) is 17.6 Å². The van der Waals surface area contributed by atoms with Gasteiger partial charge in [0, 0.05) is 5.69 Å². The van der Waals surface area contributed by atoms with Gasteiger partial charge in [-0.2, -0.15) is 0 Å². The van der Waals surface area contributed by atoms with Crippen molar-refractivity contribution in [1.82, 2.24) is 0 Å². The molecular weight excluding hydrogens is 288 g/mol. The lowest BCUT2D eigenvalue weighted by molar-refractivity contribution is -0.116. The Balaban J connectivity index is 1.99. The summed E-state index contributed by atoms with van der Waals surface area (Å²) in [4.78, 5) is 12.3. The van der Waals surface area contributed by atoms with Crippen LogP contribution in [0, 0.1) is 0 Å². The summed E-state index contributed by atoms with van der Waals surface area (Å²) < 4.78 is 5.57. The standard InChI is InChI=1S/C19H24N2O2/c1-4-15-10-12-16(13-11-15)21-19(22)14(3)20-17-8-6-7-9-18(17)23-5-2/h6-14,20H,4-5H2,1-3H3,(H,21,22)/t14-/m1/s1. The van der Waals surface area contributed by atoms with Crippen LogP contribution in [0.25, 0.3) is 0 Å². The highest BCUT2D eigenvalue weighted by Crippen LogP contribution is 2.24. The Morgan fingerprint density at radius 3 is 2.43 bits per heavy atom. The van der Waals surface area contributed by atoms with Gasteiger partial charge in [-0.05, 0) is 50.1 Å². The second kappa shape index (κ2) is 8.22. The number of nitrogens with one attached hydrogen (secondary N) is 2. The zero-order valence-corrected chi connectivity index (χ0v) is 13.9. The molecule has 23 heavy (non-hydrogen) atoms. The first kappa shape index (κ1) is 16.9. The Labute approximate surface area is 137 Å². The Kier molecular flexibility index (Phi) is 6.03. The fourth-order valence-corrected chi connectivity index (χ4v) is 2.24. The van der Waals surface area contributed by atoms with E-state index >= 15 is 0 Å². The minimum atomic E-state index is -0.373. The SMILES string of the molecule is CCOc1ccccc1N[C@H](C)C(=O)Nc1ccc(CC)cc1. The number of rotatable bonds is 7. The Hall–Kier alpha value is -2.49. The fourth-order valence-electron chi connectivity index (χ4n) is 2.24. The molecule has 122 valence electrons. The highest BCUT2D eigenvalue weighted by Gasteiger charge is 2.14. The molecule has 1 amide bonds. The van der Waals surface area contributed by atoms with Gasteiger partial charge >= 0.3 is 0 Å². The van der Waals surface area contributed by atoms with Gasteiger partial charge in [-0.1, -0.05) is 31.2 Å². The molecule has 2 rings (SSSR count). The second-order valence-electron chi connectivity index (χ2n) is 5.33. The first-order chi connectivity index (χ1) is 11.1. The van der Waals surface area contributed by atoms with Crippen molar-refractivity contribution in [2.24, 2.45) is 0 Å². The van der Waals surface area contributed by atoms with Gasteiger partial charge in [0.2, 0.25) is 5.91 Å². The summed E-state index contributed by atoms with van der Waals surface area (Å²) >= 11 is 0. The van der Waals surface area contributed by atoms with E-state index in [0.29, 0.717) is 6.61 Å². The van der Waals surface area contributed by atoms with Crippen LogP contribution in [0.2, 0.25) is 0 Å². The molecule has 4 nitrogen and oxygen atoms in total. The predicted octanol–water partition coefficient (Wildman–Crippen LogP) is 4.09. The number of hydrogen-bond donors (Lipinski definition) is 2. The molecule has 0 aliphatic heterocycles. The van der Waals surface area contributed by atoms with E-state index in [-0.39, 0.29) is 11.9 Å². The largest absolute Gasteiger partial charge is 0.492 e. The Morgan fingerprint density at radius 1 is 1.09 bits per heavy atom. The number of carbonyl (C=O) groups excluding carboxylic acids is 1. The molecule has 2 aromatic rings. The summed E-state index contributed by atoms with van der Waals surface area (Å²) in [5.74, 6) is 0.669. The van der Waals surface area contributed by atoms with Crippen LogP contribution in [-0.4, -0.2) is 18.6 Å². The van der Waals surface area contributed by atoms with Crippen molar-refractivity contribution in [3.63, 3.8) is 0 Å². The van der Waals surface area contributed by atoms with E-state index in [4.69, 9.17) is 4.74 Å². The third-order valence-electron chi connectivity index (χ3n) is 3.58. The first-order valence-electron chi connectivity index (χ1n) is 8.02. The first-order valence-corrected chi connectivity index (χ1v) is 8.02. The van der Waals surface area contributed by atoms with Crippen LogP contribution in [0.1, 0.15) is 26.3 Å². The lowest BCUT2D eigenvalue weighted by atomic mass is 10.1. The van der Waals surface area contributed by atoms with Crippen LogP contribution >= 0.6 is 0 Å². The van der Waals surface area contributed by atoms with Crippen LogP contribution < -0.4 is 15.4 Å². The van der Waals surface area contributed by atoms with Gasteiger partial charge in [-0.3, -0.25) is 4.79 Å². The van der Waals surface area contributed by atoms with Gasteiger partial charge in [-0.15, -0.1) is 0 Å². The molecular formula is C19H24N2O2. The fraction of sp³-hybridized carbons (Fsp3) is 0.316. The summed E-state index contributed by atoms with van der Waals surface area (Å²) in [6.07, 6.45) is 0.987. The summed E-state index contributed by atoms with van der Waals surface area (Å²) in [6, 6.07) is 15.2. The van der Waals surface area contributed by atoms with Gasteiger partial charge in [-0.25, -0.2) is 0 Å². The van der Waals surface area contributed by atoms with E-state index < -0.39 is 0 Å². The van der Waals surface area contributed by atoms with E-state index in [1.54, 1.807) is 0 Å². The molecule has 0 fully saturated rings. The Morgan fingerprint density at radius 2 is 1.78 bits per heavy atom. The highest BCUT2D eigenvalue weighted by molar-refractivity contribution is 5.96. The number of aryl methyl sites for hydroxylation is 1. The lowest BCUT2D eigenvalue weighted by Crippen LogP contribution is -2.32. The van der Waals surface area contributed by atoms with E-state index in [9.17, 15) is 4.79 Å². The van der Waals surface area contributed by atoms with Gasteiger partial charge in [0.05, 0.1) is 12.3 Å². The zero-order chi connectivity index (χ0) is 16.7. The van der Waals surface area contributed by atoms with Crippen LogP contribution in [0.15, 0.2) is 48.5 Å². The molecule has 1 atom stereocenters. The van der Waals surface area contributed by atoms with Crippen LogP contribution in [0.4, 0.5) is 11.4 Å². The number of carbonyl (C=O) groups is 1. The van der Waals surface area contributed by atoms with E-state index in [1.807, 2.05) is 62.4 Å². The summed E-state index contributed by atoms with van der Waals surface area (Å²) in [5.41, 5.74) is 2.87. The number of para-hydroxylation sites is 2. The van der Waals surface area contributed by atoms with Crippen LogP contribution in [-0.2, 0) is 11.2 Å². The van der Waals surface area contributed by atoms with Gasteiger partial charge in [0.1, 0.15) is 11.8 Å². The molecule has 2 N–H and O–H groups in total. The molecule has 0 aliphatic carbocycles. The molecule has 0 heterocycles. The molecule has 0 bridgehead atoms. The average molecular weight is 312 g/mol. The normalized spacial score (nSPS) is 11.6. The molecule has 0 radical (unpaired) electrons. The molecule has 0 saturated carbocycles. The van der Waals surface area contributed by atoms with Crippen molar-refractivity contribution in [3.8, 4) is 5.75 Å². The maximum atomic E-state index is 12.3. The molecule has 2 aromatic carbocycles. The van der Waals surface area contributed by atoms with Crippen molar-refractivity contribution in [2.75, 3.05) is 17.2 Å². The van der Waals surface area contributed by atoms with E-state index in [0.717, 1.165) is 23.5 Å². The number of anilines is 2. The van der Waals surface area contributed by atoms with Gasteiger partial charge in [0.15, 0.2) is 0 Å². The number of ether oxygens (including phenoxy) is 1. The summed E-state index contributed by atoms with van der Waals surface area (Å²) in [6.45, 7) is 6.46. The van der Waals surface area contributed by atoms with Gasteiger partial charge < -0.3 is 15.4 Å². The number of amides is 1. The maximum Gasteiger partial charge on any atom is 0.246 e. The quantitative estimate of drug-likeness (QED) is 0.809. The third kappa shape index (κ3) is 4.74. The molecule has 0 aromatic heterocycles. The second-order valence-corrected chi connectivity index (χ2v) is 5.33. The molecule has 0 aliphatic rings. The highest BCUT2D eigenvalue weighted by atomic mass is 16.5. The van der Waals surface area contributed by atoms with Crippen LogP contribution in [0.3, 0.4) is 0 Å².